The highest BCUT2D eigenvalue weighted by Gasteiger charge is 2.29. The van der Waals surface area contributed by atoms with Crippen LogP contribution in [-0.2, 0) is 36.8 Å². The summed E-state index contributed by atoms with van der Waals surface area (Å²) >= 11 is 0. The molecule has 13 nitrogen and oxygen atoms in total. The number of primary amides is 2. The van der Waals surface area contributed by atoms with E-state index in [-0.39, 0.29) is 31.6 Å². The Morgan fingerprint density at radius 3 is 1.92 bits per heavy atom. The third-order valence-corrected chi connectivity index (χ3v) is 5.56. The molecule has 0 saturated carbocycles. The van der Waals surface area contributed by atoms with Crippen molar-refractivity contribution >= 4 is 41.2 Å². The number of nitrogens with two attached hydrogens (primary N) is 4. The number of guanidine groups is 1. The maximum absolute atomic E-state index is 13.2. The zero-order valence-electron chi connectivity index (χ0n) is 21.6. The van der Waals surface area contributed by atoms with Crippen LogP contribution in [0, 0.1) is 0 Å². The van der Waals surface area contributed by atoms with Crippen LogP contribution < -0.4 is 38.9 Å². The fourth-order valence-corrected chi connectivity index (χ4v) is 3.76. The van der Waals surface area contributed by atoms with Gasteiger partial charge in [0.2, 0.25) is 29.5 Å². The van der Waals surface area contributed by atoms with Crippen molar-refractivity contribution in [2.45, 2.75) is 50.7 Å². The first-order valence-corrected chi connectivity index (χ1v) is 12.1. The third-order valence-electron chi connectivity index (χ3n) is 5.56. The van der Waals surface area contributed by atoms with E-state index in [1.165, 1.54) is 6.92 Å². The number of carbonyl (C=O) groups excluding carboxylic acids is 5. The Morgan fingerprint density at radius 1 is 0.744 bits per heavy atom. The molecule has 0 heterocycles. The van der Waals surface area contributed by atoms with Gasteiger partial charge < -0.3 is 38.9 Å². The molecule has 0 radical (unpaired) electrons. The molecule has 3 atom stereocenters. The number of carbonyl (C=O) groups is 5. The molecule has 0 spiro atoms. The Morgan fingerprint density at radius 2 is 1.33 bits per heavy atom. The maximum Gasteiger partial charge on any atom is 0.243 e. The summed E-state index contributed by atoms with van der Waals surface area (Å²) in [5.74, 6) is -3.52. The second kappa shape index (κ2) is 14.7. The fraction of sp³-hybridized carbons (Fsp3) is 0.308. The first-order chi connectivity index (χ1) is 18.4. The van der Waals surface area contributed by atoms with Crippen LogP contribution in [0.15, 0.2) is 59.6 Å². The molecule has 2 aromatic rings. The lowest BCUT2D eigenvalue weighted by molar-refractivity contribution is -0.133. The smallest absolute Gasteiger partial charge is 0.243 e. The first kappa shape index (κ1) is 30.3. The van der Waals surface area contributed by atoms with Crippen molar-refractivity contribution in [2.24, 2.45) is 27.9 Å². The number of nitrogens with zero attached hydrogens (tertiary/aromatic N) is 1. The molecular weight excluding hydrogens is 504 g/mol. The summed E-state index contributed by atoms with van der Waals surface area (Å²) in [4.78, 5) is 65.7. The van der Waals surface area contributed by atoms with Crippen molar-refractivity contribution in [3.63, 3.8) is 0 Å². The highest BCUT2D eigenvalue weighted by molar-refractivity contribution is 5.94. The molecule has 2 aromatic carbocycles. The maximum atomic E-state index is 13.2. The second-order valence-corrected chi connectivity index (χ2v) is 8.88. The van der Waals surface area contributed by atoms with Gasteiger partial charge in [0.15, 0.2) is 5.96 Å². The standard InChI is InChI=1S/C26H34N8O5/c1-15(35)31-21(14-17-8-5-9-18(12-17)32-26(29)30)25(39)33-19(10-11-22(27)36)24(38)34-20(23(28)37)13-16-6-3-2-4-7-16/h2-9,12,19-21H,10-11,13-14H2,1H3,(H2,27,36)(H2,28,37)(H,31,35)(H,33,39)(H,34,38)(H4,29,30,32)/t19-,20-,21-/m0/s1. The minimum absolute atomic E-state index is 0.0430. The first-order valence-electron chi connectivity index (χ1n) is 12.1. The van der Waals surface area contributed by atoms with E-state index in [2.05, 4.69) is 20.9 Å². The van der Waals surface area contributed by atoms with Crippen molar-refractivity contribution in [1.29, 1.82) is 0 Å². The minimum Gasteiger partial charge on any atom is -0.370 e. The zero-order chi connectivity index (χ0) is 28.9. The van der Waals surface area contributed by atoms with Gasteiger partial charge in [-0.25, -0.2) is 4.99 Å². The predicted molar refractivity (Wildman–Crippen MR) is 145 cm³/mol. The number of rotatable bonds is 14. The summed E-state index contributed by atoms with van der Waals surface area (Å²) in [7, 11) is 0. The molecule has 0 aliphatic rings. The van der Waals surface area contributed by atoms with Crippen LogP contribution in [0.2, 0.25) is 0 Å². The van der Waals surface area contributed by atoms with Crippen LogP contribution in [0.1, 0.15) is 30.9 Å². The van der Waals surface area contributed by atoms with Gasteiger partial charge in [-0.15, -0.1) is 0 Å². The Balaban J connectivity index is 2.23. The Bertz CT molecular complexity index is 1210. The van der Waals surface area contributed by atoms with Crippen molar-refractivity contribution in [3.8, 4) is 0 Å². The number of benzene rings is 2. The van der Waals surface area contributed by atoms with E-state index in [0.29, 0.717) is 11.3 Å². The lowest BCUT2D eigenvalue weighted by Gasteiger charge is -2.24. The SMILES string of the molecule is CC(=O)N[C@@H](Cc1cccc(N=C(N)N)c1)C(=O)N[C@@H](CCC(N)=O)C(=O)N[C@@H](Cc1ccccc1)C(N)=O. The molecule has 0 aliphatic heterocycles. The van der Waals surface area contributed by atoms with Gasteiger partial charge >= 0.3 is 0 Å². The van der Waals surface area contributed by atoms with Crippen molar-refractivity contribution in [3.05, 3.63) is 65.7 Å². The zero-order valence-corrected chi connectivity index (χ0v) is 21.6. The molecule has 11 N–H and O–H groups in total. The van der Waals surface area contributed by atoms with Gasteiger partial charge in [0.1, 0.15) is 18.1 Å². The van der Waals surface area contributed by atoms with Gasteiger partial charge in [-0.1, -0.05) is 42.5 Å². The van der Waals surface area contributed by atoms with Crippen molar-refractivity contribution in [1.82, 2.24) is 16.0 Å². The number of nitrogens with one attached hydrogen (secondary N) is 3. The highest BCUT2D eigenvalue weighted by Crippen LogP contribution is 2.15. The van der Waals surface area contributed by atoms with Gasteiger partial charge in [0.25, 0.3) is 0 Å². The van der Waals surface area contributed by atoms with E-state index in [1.807, 2.05) is 0 Å². The van der Waals surface area contributed by atoms with Gasteiger partial charge in [0, 0.05) is 26.2 Å². The largest absolute Gasteiger partial charge is 0.370 e. The minimum atomic E-state index is -1.24. The van der Waals surface area contributed by atoms with Gasteiger partial charge in [0.05, 0.1) is 5.69 Å². The summed E-state index contributed by atoms with van der Waals surface area (Å²) in [5.41, 5.74) is 23.4. The Kier molecular flexibility index (Phi) is 11.4. The lowest BCUT2D eigenvalue weighted by Crippen LogP contribution is -2.57. The third kappa shape index (κ3) is 10.9. The molecule has 2 rings (SSSR count). The number of amides is 5. The second-order valence-electron chi connectivity index (χ2n) is 8.88. The van der Waals surface area contributed by atoms with E-state index in [4.69, 9.17) is 22.9 Å². The molecule has 39 heavy (non-hydrogen) atoms. The van der Waals surface area contributed by atoms with Crippen LogP contribution >= 0.6 is 0 Å². The molecule has 0 unspecified atom stereocenters. The monoisotopic (exact) mass is 538 g/mol. The normalized spacial score (nSPS) is 12.7. The summed E-state index contributed by atoms with van der Waals surface area (Å²) in [6, 6.07) is 12.2. The van der Waals surface area contributed by atoms with Gasteiger partial charge in [-0.2, -0.15) is 0 Å². The summed E-state index contributed by atoms with van der Waals surface area (Å²) in [5, 5.41) is 7.66. The van der Waals surface area contributed by atoms with Crippen LogP contribution in [0.4, 0.5) is 5.69 Å². The molecule has 0 bridgehead atoms. The van der Waals surface area contributed by atoms with Crippen molar-refractivity contribution < 1.29 is 24.0 Å². The van der Waals surface area contributed by atoms with E-state index in [9.17, 15) is 24.0 Å². The van der Waals surface area contributed by atoms with Gasteiger partial charge in [-0.3, -0.25) is 24.0 Å². The number of aliphatic imine (C=N–C) groups is 1. The summed E-state index contributed by atoms with van der Waals surface area (Å²) in [6.45, 7) is 1.24. The van der Waals surface area contributed by atoms with E-state index in [0.717, 1.165) is 5.56 Å². The van der Waals surface area contributed by atoms with E-state index < -0.39 is 47.7 Å². The molecule has 208 valence electrons. The topological polar surface area (TPSA) is 238 Å². The number of hydrogen-bond acceptors (Lipinski definition) is 6. The van der Waals surface area contributed by atoms with Crippen LogP contribution in [0.25, 0.3) is 0 Å². The highest BCUT2D eigenvalue weighted by atomic mass is 16.2. The molecule has 13 heteroatoms. The quantitative estimate of drug-likeness (QED) is 0.112. The van der Waals surface area contributed by atoms with E-state index in [1.54, 1.807) is 54.6 Å². The predicted octanol–water partition coefficient (Wildman–Crippen LogP) is -1.40. The fourth-order valence-electron chi connectivity index (χ4n) is 3.76. The number of hydrogen-bond donors (Lipinski definition) is 7. The Labute approximate surface area is 225 Å². The van der Waals surface area contributed by atoms with Crippen LogP contribution in [-0.4, -0.2) is 53.6 Å². The lowest BCUT2D eigenvalue weighted by atomic mass is 10.0. The Hall–Kier alpha value is -4.94. The molecule has 5 amide bonds. The van der Waals surface area contributed by atoms with Crippen molar-refractivity contribution in [2.75, 3.05) is 0 Å². The van der Waals surface area contributed by atoms with E-state index >= 15 is 0 Å². The summed E-state index contributed by atoms with van der Waals surface area (Å²) < 4.78 is 0. The van der Waals surface area contributed by atoms with Gasteiger partial charge in [-0.05, 0) is 29.7 Å². The van der Waals surface area contributed by atoms with Crippen LogP contribution in [0.3, 0.4) is 0 Å². The average molecular weight is 539 g/mol. The molecule has 0 fully saturated rings. The summed E-state index contributed by atoms with van der Waals surface area (Å²) in [6.07, 6.45) is -0.194. The molecular formula is C26H34N8O5. The molecule has 0 saturated heterocycles. The average Bonchev–Trinajstić information content (AvgIpc) is 2.85. The molecule has 0 aliphatic carbocycles. The molecule has 0 aromatic heterocycles. The van der Waals surface area contributed by atoms with Crippen LogP contribution in [0.5, 0.6) is 0 Å².